The third kappa shape index (κ3) is 3.10. The standard InChI is InChI=1S/C15H16/c1-4-14-12-10-8-6-7-9-11-13(3)15(14)5-2/h4-12H,1-2H2,3H3. The van der Waals surface area contributed by atoms with Crippen molar-refractivity contribution in [2.24, 2.45) is 0 Å². The van der Waals surface area contributed by atoms with Crippen molar-refractivity contribution in [2.45, 2.75) is 6.92 Å². The average molecular weight is 196 g/mol. The molecule has 0 saturated carbocycles. The Balaban J connectivity index is 3.58. The normalized spacial score (nSPS) is 8.87. The van der Waals surface area contributed by atoms with Crippen molar-refractivity contribution in [3.63, 3.8) is 0 Å². The second-order valence-corrected chi connectivity index (χ2v) is 3.26. The van der Waals surface area contributed by atoms with Gasteiger partial charge >= 0.3 is 0 Å². The summed E-state index contributed by atoms with van der Waals surface area (Å²) in [4.78, 5) is 0. The van der Waals surface area contributed by atoms with Gasteiger partial charge in [0.25, 0.3) is 0 Å². The first-order valence-electron chi connectivity index (χ1n) is 4.97. The topological polar surface area (TPSA) is 0 Å². The van der Waals surface area contributed by atoms with Crippen LogP contribution in [0.3, 0.4) is 0 Å². The lowest BCUT2D eigenvalue weighted by Gasteiger charge is -2.00. The van der Waals surface area contributed by atoms with Crippen LogP contribution in [-0.4, -0.2) is 0 Å². The summed E-state index contributed by atoms with van der Waals surface area (Å²) in [6.45, 7) is 9.73. The van der Waals surface area contributed by atoms with E-state index in [1.807, 2.05) is 48.6 Å². The molecule has 0 aromatic heterocycles. The van der Waals surface area contributed by atoms with E-state index in [9.17, 15) is 0 Å². The van der Waals surface area contributed by atoms with Crippen LogP contribution in [0.2, 0.25) is 0 Å². The fraction of sp³-hybridized carbons (Fsp3) is 0.0667. The number of rotatable bonds is 2. The Kier molecular flexibility index (Phi) is 4.36. The van der Waals surface area contributed by atoms with Gasteiger partial charge in [-0.1, -0.05) is 67.8 Å². The van der Waals surface area contributed by atoms with Crippen LogP contribution in [0.4, 0.5) is 0 Å². The average Bonchev–Trinajstić information content (AvgIpc) is 2.26. The summed E-state index contributed by atoms with van der Waals surface area (Å²) < 4.78 is 0. The summed E-state index contributed by atoms with van der Waals surface area (Å²) >= 11 is 0. The predicted molar refractivity (Wildman–Crippen MR) is 69.0 cm³/mol. The van der Waals surface area contributed by atoms with Crippen LogP contribution in [0, 0.1) is 6.92 Å². The molecule has 0 aliphatic rings. The molecule has 76 valence electrons. The molecule has 15 heavy (non-hydrogen) atoms. The summed E-state index contributed by atoms with van der Waals surface area (Å²) in [5.74, 6) is 0. The number of hydrogen-bond donors (Lipinski definition) is 0. The summed E-state index contributed by atoms with van der Waals surface area (Å²) in [5.41, 5.74) is 3.41. The molecule has 0 heteroatoms. The molecule has 0 amide bonds. The van der Waals surface area contributed by atoms with Gasteiger partial charge in [-0.15, -0.1) is 0 Å². The maximum Gasteiger partial charge on any atom is -0.0161 e. The van der Waals surface area contributed by atoms with E-state index >= 15 is 0 Å². The van der Waals surface area contributed by atoms with Crippen LogP contribution in [0.1, 0.15) is 16.7 Å². The van der Waals surface area contributed by atoms with E-state index in [1.165, 1.54) is 5.56 Å². The van der Waals surface area contributed by atoms with Gasteiger partial charge in [0, 0.05) is 0 Å². The highest BCUT2D eigenvalue weighted by Crippen LogP contribution is 2.13. The minimum absolute atomic E-state index is 1.10. The van der Waals surface area contributed by atoms with Gasteiger partial charge in [0.2, 0.25) is 0 Å². The molecular formula is C15H16. The summed E-state index contributed by atoms with van der Waals surface area (Å²) in [6, 6.07) is 14.1. The highest BCUT2D eigenvalue weighted by Gasteiger charge is 1.93. The minimum Gasteiger partial charge on any atom is -0.0984 e. The van der Waals surface area contributed by atoms with Gasteiger partial charge < -0.3 is 0 Å². The predicted octanol–water partition coefficient (Wildman–Crippen LogP) is 4.41. The highest BCUT2D eigenvalue weighted by atomic mass is 14.0. The van der Waals surface area contributed by atoms with Crippen LogP contribution < -0.4 is 0 Å². The van der Waals surface area contributed by atoms with Crippen molar-refractivity contribution in [2.75, 3.05) is 0 Å². The second kappa shape index (κ2) is 5.82. The Hall–Kier alpha value is -1.82. The van der Waals surface area contributed by atoms with E-state index < -0.39 is 0 Å². The molecule has 0 bridgehead atoms. The fourth-order valence-corrected chi connectivity index (χ4v) is 1.42. The lowest BCUT2D eigenvalue weighted by molar-refractivity contribution is 1.45. The van der Waals surface area contributed by atoms with Crippen LogP contribution in [-0.2, 0) is 0 Å². The second-order valence-electron chi connectivity index (χ2n) is 3.26. The Morgan fingerprint density at radius 2 is 1.47 bits per heavy atom. The Morgan fingerprint density at radius 1 is 0.867 bits per heavy atom. The van der Waals surface area contributed by atoms with Crippen LogP contribution >= 0.6 is 0 Å². The quantitative estimate of drug-likeness (QED) is 0.657. The van der Waals surface area contributed by atoms with Crippen molar-refractivity contribution < 1.29 is 0 Å². The molecular weight excluding hydrogens is 180 g/mol. The highest BCUT2D eigenvalue weighted by molar-refractivity contribution is 5.64. The number of hydrogen-bond acceptors (Lipinski definition) is 0. The Labute approximate surface area is 91.9 Å². The Bertz CT molecular complexity index is 412. The van der Waals surface area contributed by atoms with Crippen molar-refractivity contribution in [3.8, 4) is 0 Å². The maximum absolute atomic E-state index is 3.84. The lowest BCUT2D eigenvalue weighted by Crippen LogP contribution is -1.80. The zero-order valence-electron chi connectivity index (χ0n) is 9.11. The monoisotopic (exact) mass is 196 g/mol. The van der Waals surface area contributed by atoms with E-state index in [0.717, 1.165) is 11.1 Å². The molecule has 0 aliphatic heterocycles. The molecule has 0 N–H and O–H groups in total. The minimum atomic E-state index is 1.10. The molecule has 0 spiro atoms. The molecule has 0 atom stereocenters. The molecule has 0 saturated heterocycles. The lowest BCUT2D eigenvalue weighted by atomic mass is 10.1. The summed E-state index contributed by atoms with van der Waals surface area (Å²) in [7, 11) is 0. The zero-order valence-corrected chi connectivity index (χ0v) is 9.11. The molecule has 0 nitrogen and oxygen atoms in total. The molecule has 1 rings (SSSR count). The van der Waals surface area contributed by atoms with Gasteiger partial charge in [-0.05, 0) is 23.6 Å². The molecule has 0 aliphatic carbocycles. The molecule has 1 aromatic rings. The molecule has 1 aromatic carbocycles. The number of aryl methyl sites for hydroxylation is 1. The SMILES string of the molecule is C=Cc1cccccccc(C)c1C=C. The van der Waals surface area contributed by atoms with E-state index in [1.54, 1.807) is 0 Å². The fourth-order valence-electron chi connectivity index (χ4n) is 1.42. The first kappa shape index (κ1) is 11.3. The zero-order chi connectivity index (χ0) is 11.1. The third-order valence-electron chi connectivity index (χ3n) is 2.23. The first-order valence-corrected chi connectivity index (χ1v) is 4.97. The van der Waals surface area contributed by atoms with Gasteiger partial charge in [0.05, 0.1) is 0 Å². The smallest absolute Gasteiger partial charge is 0.0161 e. The summed E-state index contributed by atoms with van der Waals surface area (Å²) in [6.07, 6.45) is 3.72. The van der Waals surface area contributed by atoms with Gasteiger partial charge in [0.1, 0.15) is 0 Å². The van der Waals surface area contributed by atoms with Gasteiger partial charge in [-0.25, -0.2) is 0 Å². The largest absolute Gasteiger partial charge is 0.0984 e. The van der Waals surface area contributed by atoms with E-state index in [-0.39, 0.29) is 0 Å². The van der Waals surface area contributed by atoms with Crippen LogP contribution in [0.5, 0.6) is 0 Å². The summed E-state index contributed by atoms with van der Waals surface area (Å²) in [5, 5.41) is 0. The van der Waals surface area contributed by atoms with E-state index in [0.29, 0.717) is 0 Å². The van der Waals surface area contributed by atoms with Gasteiger partial charge in [0.15, 0.2) is 0 Å². The molecule has 0 fully saturated rings. The molecule has 0 radical (unpaired) electrons. The maximum atomic E-state index is 3.84. The Morgan fingerprint density at radius 3 is 2.07 bits per heavy atom. The third-order valence-corrected chi connectivity index (χ3v) is 2.23. The van der Waals surface area contributed by atoms with E-state index in [4.69, 9.17) is 0 Å². The van der Waals surface area contributed by atoms with Crippen molar-refractivity contribution >= 4 is 12.2 Å². The van der Waals surface area contributed by atoms with Gasteiger partial charge in [-0.3, -0.25) is 0 Å². The van der Waals surface area contributed by atoms with E-state index in [2.05, 4.69) is 26.1 Å². The van der Waals surface area contributed by atoms with Crippen LogP contribution in [0.15, 0.2) is 55.6 Å². The molecule has 0 heterocycles. The van der Waals surface area contributed by atoms with Crippen molar-refractivity contribution in [1.29, 1.82) is 0 Å². The van der Waals surface area contributed by atoms with Crippen LogP contribution in [0.25, 0.3) is 12.2 Å². The van der Waals surface area contributed by atoms with Gasteiger partial charge in [-0.2, -0.15) is 0 Å². The van der Waals surface area contributed by atoms with Crippen molar-refractivity contribution in [3.05, 3.63) is 72.3 Å². The van der Waals surface area contributed by atoms with Crippen molar-refractivity contribution in [1.82, 2.24) is 0 Å². The first-order chi connectivity index (χ1) is 7.29. The molecule has 0 unspecified atom stereocenters.